The molecule has 0 amide bonds. The molecule has 1 N–H and O–H groups in total. The van der Waals surface area contributed by atoms with Crippen LogP contribution in [0.3, 0.4) is 0 Å². The molecule has 2 nitrogen and oxygen atoms in total. The van der Waals surface area contributed by atoms with E-state index in [-0.39, 0.29) is 5.60 Å². The van der Waals surface area contributed by atoms with Crippen LogP contribution >= 0.6 is 0 Å². The molecule has 0 spiro atoms. The summed E-state index contributed by atoms with van der Waals surface area (Å²) in [6.07, 6.45) is 0. The lowest BCUT2D eigenvalue weighted by Gasteiger charge is -2.40. The van der Waals surface area contributed by atoms with Gasteiger partial charge in [0.2, 0.25) is 0 Å². The first-order chi connectivity index (χ1) is 10.0. The maximum Gasteiger partial charge on any atom is 0.185 e. The Hall–Kier alpha value is -1.42. The highest BCUT2D eigenvalue weighted by atomic mass is 28.4. The van der Waals surface area contributed by atoms with Crippen LogP contribution < -0.4 is 5.32 Å². The molecule has 110 valence electrons. The molecule has 0 aliphatic carbocycles. The number of hydrogen-bond acceptors (Lipinski definition) is 2. The van der Waals surface area contributed by atoms with Gasteiger partial charge in [0, 0.05) is 6.54 Å². The van der Waals surface area contributed by atoms with E-state index in [9.17, 15) is 0 Å². The van der Waals surface area contributed by atoms with Crippen LogP contribution in [0.25, 0.3) is 0 Å². The van der Waals surface area contributed by atoms with Crippen molar-refractivity contribution >= 4 is 8.32 Å². The van der Waals surface area contributed by atoms with Crippen molar-refractivity contribution in [2.75, 3.05) is 6.54 Å². The van der Waals surface area contributed by atoms with Crippen molar-refractivity contribution in [2.45, 2.75) is 31.3 Å². The molecule has 2 aromatic rings. The van der Waals surface area contributed by atoms with E-state index in [0.717, 1.165) is 6.54 Å². The monoisotopic (exact) mass is 297 g/mol. The fourth-order valence-corrected chi connectivity index (χ4v) is 4.30. The molecule has 2 aromatic carbocycles. The Bertz CT molecular complexity index is 548. The van der Waals surface area contributed by atoms with Gasteiger partial charge >= 0.3 is 0 Å². The standard InChI is InChI=1S/C18H23NOSi/c1-21(2,3)20-18(17-14-19-17,15-10-6-4-7-11-15)16-12-8-5-9-13-16/h4-13,17,19H,14H2,1-3H3. The summed E-state index contributed by atoms with van der Waals surface area (Å²) in [6.45, 7) is 7.79. The van der Waals surface area contributed by atoms with Gasteiger partial charge < -0.3 is 9.74 Å². The SMILES string of the molecule is C[Si](C)(C)OC(c1ccccc1)(c1ccccc1)C1CN1. The normalized spacial score (nSPS) is 18.5. The van der Waals surface area contributed by atoms with Crippen LogP contribution in [0.4, 0.5) is 0 Å². The predicted octanol–water partition coefficient (Wildman–Crippen LogP) is 3.75. The van der Waals surface area contributed by atoms with Crippen molar-refractivity contribution in [3.05, 3.63) is 71.8 Å². The Morgan fingerprint density at radius 3 is 1.67 bits per heavy atom. The van der Waals surface area contributed by atoms with Gasteiger partial charge in [-0.2, -0.15) is 0 Å². The summed E-state index contributed by atoms with van der Waals surface area (Å²) in [6, 6.07) is 21.6. The van der Waals surface area contributed by atoms with Gasteiger partial charge in [-0.05, 0) is 30.8 Å². The van der Waals surface area contributed by atoms with Gasteiger partial charge in [0.1, 0.15) is 5.60 Å². The van der Waals surface area contributed by atoms with Crippen molar-refractivity contribution < 1.29 is 4.43 Å². The molecule has 0 radical (unpaired) electrons. The van der Waals surface area contributed by atoms with Crippen molar-refractivity contribution in [1.82, 2.24) is 5.32 Å². The average molecular weight is 297 g/mol. The number of rotatable bonds is 5. The van der Waals surface area contributed by atoms with Gasteiger partial charge in [0.05, 0.1) is 6.04 Å². The smallest absolute Gasteiger partial charge is 0.185 e. The molecule has 1 aliphatic rings. The summed E-state index contributed by atoms with van der Waals surface area (Å²) in [5.41, 5.74) is 2.12. The second kappa shape index (κ2) is 5.41. The molecule has 1 saturated heterocycles. The van der Waals surface area contributed by atoms with Crippen LogP contribution in [0.1, 0.15) is 11.1 Å². The molecule has 1 aliphatic heterocycles. The third-order valence-corrected chi connectivity index (χ3v) is 4.71. The van der Waals surface area contributed by atoms with Crippen LogP contribution in [0.2, 0.25) is 19.6 Å². The van der Waals surface area contributed by atoms with Gasteiger partial charge in [-0.25, -0.2) is 0 Å². The Labute approximate surface area is 128 Å². The molecule has 1 atom stereocenters. The second-order valence-electron chi connectivity index (χ2n) is 6.64. The van der Waals surface area contributed by atoms with E-state index in [4.69, 9.17) is 4.43 Å². The van der Waals surface area contributed by atoms with Gasteiger partial charge in [-0.15, -0.1) is 0 Å². The number of hydrogen-bond donors (Lipinski definition) is 1. The molecule has 0 bridgehead atoms. The van der Waals surface area contributed by atoms with E-state index in [1.54, 1.807) is 0 Å². The van der Waals surface area contributed by atoms with Crippen molar-refractivity contribution in [3.63, 3.8) is 0 Å². The van der Waals surface area contributed by atoms with Crippen LogP contribution in [0, 0.1) is 0 Å². The van der Waals surface area contributed by atoms with Gasteiger partial charge in [0.25, 0.3) is 0 Å². The summed E-state index contributed by atoms with van der Waals surface area (Å²) in [7, 11) is -1.72. The molecular formula is C18H23NOSi. The summed E-state index contributed by atoms with van der Waals surface area (Å²) in [5, 5.41) is 3.49. The highest BCUT2D eigenvalue weighted by Crippen LogP contribution is 2.42. The second-order valence-corrected chi connectivity index (χ2v) is 11.1. The molecule has 1 unspecified atom stereocenters. The molecule has 21 heavy (non-hydrogen) atoms. The summed E-state index contributed by atoms with van der Waals surface area (Å²) < 4.78 is 6.80. The zero-order valence-electron chi connectivity index (χ0n) is 13.0. The fraction of sp³-hybridized carbons (Fsp3) is 0.333. The van der Waals surface area contributed by atoms with Crippen LogP contribution in [0.15, 0.2) is 60.7 Å². The molecule has 1 fully saturated rings. The number of nitrogens with one attached hydrogen (secondary N) is 1. The lowest BCUT2D eigenvalue weighted by Crippen LogP contribution is -2.46. The fourth-order valence-electron chi connectivity index (χ4n) is 2.96. The minimum Gasteiger partial charge on any atom is -0.403 e. The number of benzene rings is 2. The first-order valence-corrected chi connectivity index (χ1v) is 11.0. The molecule has 3 heteroatoms. The highest BCUT2D eigenvalue weighted by molar-refractivity contribution is 6.69. The van der Waals surface area contributed by atoms with E-state index in [1.807, 2.05) is 0 Å². The largest absolute Gasteiger partial charge is 0.403 e. The third-order valence-electron chi connectivity index (χ3n) is 3.77. The summed E-state index contributed by atoms with van der Waals surface area (Å²) in [4.78, 5) is 0. The van der Waals surface area contributed by atoms with Crippen LogP contribution in [-0.2, 0) is 10.0 Å². The third kappa shape index (κ3) is 2.95. The Balaban J connectivity index is 2.17. The quantitative estimate of drug-likeness (QED) is 0.673. The van der Waals surface area contributed by atoms with E-state index in [2.05, 4.69) is 85.6 Å². The Morgan fingerprint density at radius 2 is 1.33 bits per heavy atom. The molecular weight excluding hydrogens is 274 g/mol. The molecule has 1 heterocycles. The molecule has 0 aromatic heterocycles. The predicted molar refractivity (Wildman–Crippen MR) is 89.9 cm³/mol. The van der Waals surface area contributed by atoms with E-state index in [0.29, 0.717) is 6.04 Å². The van der Waals surface area contributed by atoms with Crippen molar-refractivity contribution in [3.8, 4) is 0 Å². The zero-order valence-corrected chi connectivity index (χ0v) is 14.0. The maximum absolute atomic E-state index is 6.80. The Morgan fingerprint density at radius 1 is 0.905 bits per heavy atom. The molecule has 0 saturated carbocycles. The minimum absolute atomic E-state index is 0.356. The summed E-state index contributed by atoms with van der Waals surface area (Å²) in [5.74, 6) is 0. The minimum atomic E-state index is -1.72. The van der Waals surface area contributed by atoms with Gasteiger partial charge in [0.15, 0.2) is 8.32 Å². The first-order valence-electron chi connectivity index (χ1n) is 7.57. The van der Waals surface area contributed by atoms with Crippen LogP contribution in [0.5, 0.6) is 0 Å². The average Bonchev–Trinajstić information content (AvgIpc) is 3.31. The Kier molecular flexibility index (Phi) is 3.74. The van der Waals surface area contributed by atoms with Crippen LogP contribution in [-0.4, -0.2) is 20.9 Å². The van der Waals surface area contributed by atoms with Gasteiger partial charge in [-0.1, -0.05) is 60.7 Å². The van der Waals surface area contributed by atoms with E-state index in [1.165, 1.54) is 11.1 Å². The molecule has 3 rings (SSSR count). The lowest BCUT2D eigenvalue weighted by atomic mass is 9.83. The highest BCUT2D eigenvalue weighted by Gasteiger charge is 2.50. The van der Waals surface area contributed by atoms with Gasteiger partial charge in [-0.3, -0.25) is 0 Å². The van der Waals surface area contributed by atoms with Crippen molar-refractivity contribution in [1.29, 1.82) is 0 Å². The van der Waals surface area contributed by atoms with E-state index >= 15 is 0 Å². The lowest BCUT2D eigenvalue weighted by molar-refractivity contribution is 0.100. The van der Waals surface area contributed by atoms with Crippen molar-refractivity contribution in [2.24, 2.45) is 0 Å². The topological polar surface area (TPSA) is 31.2 Å². The summed E-state index contributed by atoms with van der Waals surface area (Å²) >= 11 is 0. The maximum atomic E-state index is 6.80. The zero-order chi connectivity index (χ0) is 14.9. The first kappa shape index (κ1) is 14.5. The van der Waals surface area contributed by atoms with E-state index < -0.39 is 8.32 Å².